The van der Waals surface area contributed by atoms with Gasteiger partial charge in [0.15, 0.2) is 5.65 Å². The average molecular weight is 572 g/mol. The van der Waals surface area contributed by atoms with E-state index in [1.165, 1.54) is 6.20 Å². The zero-order chi connectivity index (χ0) is 30.0. The van der Waals surface area contributed by atoms with Crippen LogP contribution in [0.3, 0.4) is 0 Å². The zero-order valence-corrected chi connectivity index (χ0v) is 23.8. The molecular formula is C29H33N9O4. The van der Waals surface area contributed by atoms with Crippen molar-refractivity contribution >= 4 is 28.6 Å². The molecule has 0 spiro atoms. The van der Waals surface area contributed by atoms with Crippen LogP contribution >= 0.6 is 0 Å². The van der Waals surface area contributed by atoms with E-state index in [1.54, 1.807) is 36.7 Å². The van der Waals surface area contributed by atoms with Crippen LogP contribution in [0.5, 0.6) is 0 Å². The van der Waals surface area contributed by atoms with Gasteiger partial charge in [0.05, 0.1) is 24.6 Å². The van der Waals surface area contributed by atoms with Crippen molar-refractivity contribution in [3.05, 3.63) is 83.1 Å². The Hall–Kier alpha value is -4.88. The number of hydrogen-bond acceptors (Lipinski definition) is 11. The topological polar surface area (TPSA) is 169 Å². The largest absolute Gasteiger partial charge is 0.394 e. The van der Waals surface area contributed by atoms with Gasteiger partial charge in [0.1, 0.15) is 22.8 Å². The predicted octanol–water partition coefficient (Wildman–Crippen LogP) is 3.92. The molecule has 0 aliphatic heterocycles. The van der Waals surface area contributed by atoms with Crippen LogP contribution in [0.2, 0.25) is 0 Å². The molecule has 0 aliphatic carbocycles. The van der Waals surface area contributed by atoms with E-state index < -0.39 is 11.6 Å². The normalized spacial score (nSPS) is 12.5. The SMILES string of the molecule is C=CCn1c(=O)c2ccc(Nc3ncc(-c4nc(C(C)(C)O)no4)c(N[C@H](CO)c4ccccc4)n3)nc2n1C(C)C. The number of aromatic nitrogens is 7. The number of aliphatic hydroxyl groups excluding tert-OH is 1. The predicted molar refractivity (Wildman–Crippen MR) is 158 cm³/mol. The van der Waals surface area contributed by atoms with Crippen LogP contribution in [0.4, 0.5) is 17.6 Å². The molecule has 0 amide bonds. The summed E-state index contributed by atoms with van der Waals surface area (Å²) < 4.78 is 8.88. The fraction of sp³-hybridized carbons (Fsp3) is 0.310. The molecule has 5 rings (SSSR count). The second-order valence-electron chi connectivity index (χ2n) is 10.5. The van der Waals surface area contributed by atoms with Crippen molar-refractivity contribution in [2.45, 2.75) is 51.9 Å². The van der Waals surface area contributed by atoms with Gasteiger partial charge in [-0.2, -0.15) is 9.97 Å². The Kier molecular flexibility index (Phi) is 7.87. The first-order valence-corrected chi connectivity index (χ1v) is 13.5. The third kappa shape index (κ3) is 5.64. The van der Waals surface area contributed by atoms with E-state index in [-0.39, 0.29) is 35.9 Å². The van der Waals surface area contributed by atoms with Crippen LogP contribution in [-0.4, -0.2) is 51.3 Å². The summed E-state index contributed by atoms with van der Waals surface area (Å²) in [6, 6.07) is 12.3. The molecule has 0 saturated heterocycles. The van der Waals surface area contributed by atoms with Crippen LogP contribution < -0.4 is 16.2 Å². The van der Waals surface area contributed by atoms with Crippen molar-refractivity contribution in [1.82, 2.24) is 34.5 Å². The molecule has 218 valence electrons. The van der Waals surface area contributed by atoms with E-state index in [0.29, 0.717) is 34.8 Å². The third-order valence-electron chi connectivity index (χ3n) is 6.54. The highest BCUT2D eigenvalue weighted by molar-refractivity contribution is 5.78. The van der Waals surface area contributed by atoms with Crippen LogP contribution in [0.25, 0.3) is 22.5 Å². The van der Waals surface area contributed by atoms with E-state index in [0.717, 1.165) is 5.56 Å². The fourth-order valence-electron chi connectivity index (χ4n) is 4.52. The second-order valence-corrected chi connectivity index (χ2v) is 10.5. The van der Waals surface area contributed by atoms with Gasteiger partial charge >= 0.3 is 0 Å². The summed E-state index contributed by atoms with van der Waals surface area (Å²) in [4.78, 5) is 31.1. The lowest BCUT2D eigenvalue weighted by molar-refractivity contribution is 0.0661. The third-order valence-corrected chi connectivity index (χ3v) is 6.54. The molecule has 0 bridgehead atoms. The Morgan fingerprint density at radius 1 is 1.12 bits per heavy atom. The fourth-order valence-corrected chi connectivity index (χ4v) is 4.52. The van der Waals surface area contributed by atoms with Gasteiger partial charge in [-0.3, -0.25) is 9.48 Å². The Labute approximate surface area is 241 Å². The van der Waals surface area contributed by atoms with Gasteiger partial charge in [0, 0.05) is 12.2 Å². The molecule has 0 saturated carbocycles. The summed E-state index contributed by atoms with van der Waals surface area (Å²) >= 11 is 0. The molecule has 1 atom stereocenters. The highest BCUT2D eigenvalue weighted by Crippen LogP contribution is 2.31. The molecule has 5 aromatic rings. The highest BCUT2D eigenvalue weighted by atomic mass is 16.5. The first-order chi connectivity index (χ1) is 20.1. The van der Waals surface area contributed by atoms with Crippen LogP contribution in [0, 0.1) is 0 Å². The number of benzene rings is 1. The minimum atomic E-state index is -1.32. The maximum absolute atomic E-state index is 13.0. The van der Waals surface area contributed by atoms with Gasteiger partial charge < -0.3 is 25.4 Å². The highest BCUT2D eigenvalue weighted by Gasteiger charge is 2.26. The van der Waals surface area contributed by atoms with Crippen LogP contribution in [-0.2, 0) is 12.1 Å². The van der Waals surface area contributed by atoms with Crippen molar-refractivity contribution in [3.8, 4) is 11.5 Å². The van der Waals surface area contributed by atoms with Gasteiger partial charge in [-0.1, -0.05) is 41.6 Å². The lowest BCUT2D eigenvalue weighted by atomic mass is 10.1. The lowest BCUT2D eigenvalue weighted by Gasteiger charge is -2.19. The summed E-state index contributed by atoms with van der Waals surface area (Å²) in [5.41, 5.74) is 0.263. The zero-order valence-electron chi connectivity index (χ0n) is 23.8. The summed E-state index contributed by atoms with van der Waals surface area (Å²) in [5, 5.41) is 31.3. The molecule has 0 unspecified atom stereocenters. The molecule has 1 aromatic carbocycles. The first kappa shape index (κ1) is 28.6. The number of hydrogen-bond donors (Lipinski definition) is 4. The van der Waals surface area contributed by atoms with Gasteiger partial charge in [-0.15, -0.1) is 6.58 Å². The van der Waals surface area contributed by atoms with Crippen molar-refractivity contribution < 1.29 is 14.7 Å². The van der Waals surface area contributed by atoms with E-state index in [1.807, 2.05) is 48.9 Å². The molecular weight excluding hydrogens is 538 g/mol. The summed E-state index contributed by atoms with van der Waals surface area (Å²) in [7, 11) is 0. The average Bonchev–Trinajstić information content (AvgIpc) is 3.56. The van der Waals surface area contributed by atoms with E-state index >= 15 is 0 Å². The van der Waals surface area contributed by atoms with Crippen molar-refractivity contribution in [3.63, 3.8) is 0 Å². The van der Waals surface area contributed by atoms with Crippen molar-refractivity contribution in [1.29, 1.82) is 0 Å². The standard InChI is InChI=1S/C29H33N9O4/c1-6-14-37-26(40)19-12-13-22(32-24(19)38(37)17(2)3)33-28-30-15-20(25-35-27(36-42-25)29(4,5)41)23(34-28)31-21(16-39)18-10-8-7-9-11-18/h6-13,15,17,21,39,41H,1,14,16H2,2-5H3,(H2,30,31,32,33,34)/t21-/m1/s1. The van der Waals surface area contributed by atoms with Gasteiger partial charge in [0.2, 0.25) is 11.8 Å². The molecule has 4 heterocycles. The minimum Gasteiger partial charge on any atom is -0.394 e. The Morgan fingerprint density at radius 3 is 2.52 bits per heavy atom. The number of fused-ring (bicyclic) bond motifs is 1. The molecule has 0 fully saturated rings. The summed E-state index contributed by atoms with van der Waals surface area (Å²) in [5.74, 6) is 1.12. The summed E-state index contributed by atoms with van der Waals surface area (Å²) in [6.07, 6.45) is 3.17. The number of nitrogens with zero attached hydrogens (tertiary/aromatic N) is 7. The minimum absolute atomic E-state index is 0.0270. The quantitative estimate of drug-likeness (QED) is 0.170. The van der Waals surface area contributed by atoms with E-state index in [2.05, 4.69) is 37.3 Å². The summed E-state index contributed by atoms with van der Waals surface area (Å²) in [6.45, 7) is 11.0. The second kappa shape index (κ2) is 11.5. The van der Waals surface area contributed by atoms with Gasteiger partial charge in [-0.05, 0) is 45.4 Å². The van der Waals surface area contributed by atoms with Crippen LogP contribution in [0.15, 0.2) is 70.6 Å². The number of rotatable bonds is 11. The molecule has 4 N–H and O–H groups in total. The molecule has 13 heteroatoms. The number of anilines is 3. The van der Waals surface area contributed by atoms with Crippen molar-refractivity contribution in [2.24, 2.45) is 0 Å². The lowest BCUT2D eigenvalue weighted by Crippen LogP contribution is -2.23. The van der Waals surface area contributed by atoms with Crippen LogP contribution in [0.1, 0.15) is 51.2 Å². The maximum atomic E-state index is 13.0. The Balaban J connectivity index is 1.55. The monoisotopic (exact) mass is 571 g/mol. The smallest absolute Gasteiger partial charge is 0.276 e. The van der Waals surface area contributed by atoms with Gasteiger partial charge in [0.25, 0.3) is 11.4 Å². The Bertz CT molecular complexity index is 1770. The molecule has 4 aromatic heterocycles. The maximum Gasteiger partial charge on any atom is 0.276 e. The molecule has 13 nitrogen and oxygen atoms in total. The van der Waals surface area contributed by atoms with Crippen molar-refractivity contribution in [2.75, 3.05) is 17.2 Å². The molecule has 42 heavy (non-hydrogen) atoms. The van der Waals surface area contributed by atoms with E-state index in [4.69, 9.17) is 9.51 Å². The number of allylic oxidation sites excluding steroid dienone is 1. The number of pyridine rings is 1. The Morgan fingerprint density at radius 2 is 1.88 bits per heavy atom. The van der Waals surface area contributed by atoms with Gasteiger partial charge in [-0.25, -0.2) is 14.6 Å². The molecule has 0 aliphatic rings. The number of aliphatic hydroxyl groups is 2. The number of nitrogens with one attached hydrogen (secondary N) is 2. The van der Waals surface area contributed by atoms with E-state index in [9.17, 15) is 15.0 Å². The first-order valence-electron chi connectivity index (χ1n) is 13.5. The molecule has 0 radical (unpaired) electrons.